The number of carbonyl (C=O) groups is 1. The van der Waals surface area contributed by atoms with Gasteiger partial charge in [-0.25, -0.2) is 0 Å². The van der Waals surface area contributed by atoms with Gasteiger partial charge in [0.1, 0.15) is 0 Å². The molecule has 2 N–H and O–H groups in total. The summed E-state index contributed by atoms with van der Waals surface area (Å²) in [7, 11) is 3.08. The van der Waals surface area contributed by atoms with Crippen LogP contribution >= 0.6 is 34.8 Å². The minimum absolute atomic E-state index is 0.162. The van der Waals surface area contributed by atoms with Gasteiger partial charge >= 0.3 is 0 Å². The van der Waals surface area contributed by atoms with Gasteiger partial charge in [-0.05, 0) is 35.4 Å². The molecule has 31 heavy (non-hydrogen) atoms. The van der Waals surface area contributed by atoms with Crippen LogP contribution in [0.15, 0.2) is 54.6 Å². The molecule has 1 amide bonds. The number of para-hydroxylation sites is 2. The molecule has 8 heteroatoms. The van der Waals surface area contributed by atoms with Crippen LogP contribution in [0.25, 0.3) is 0 Å². The molecule has 0 fully saturated rings. The molecule has 0 radical (unpaired) electrons. The number of hydrogen-bond acceptors (Lipinski definition) is 4. The van der Waals surface area contributed by atoms with Crippen molar-refractivity contribution >= 4 is 52.1 Å². The largest absolute Gasteiger partial charge is 0.493 e. The highest BCUT2D eigenvalue weighted by atomic mass is 35.5. The molecule has 5 nitrogen and oxygen atoms in total. The number of amides is 1. The number of benzene rings is 3. The summed E-state index contributed by atoms with van der Waals surface area (Å²) in [6, 6.07) is 16.2. The van der Waals surface area contributed by atoms with Crippen LogP contribution in [-0.4, -0.2) is 20.1 Å². The van der Waals surface area contributed by atoms with Crippen molar-refractivity contribution in [1.29, 1.82) is 0 Å². The molecule has 3 aromatic rings. The number of nitrogens with one attached hydrogen (secondary N) is 2. The van der Waals surface area contributed by atoms with Gasteiger partial charge in [0, 0.05) is 23.3 Å². The molecule has 0 saturated carbocycles. The standard InChI is InChI=1S/C23H21Cl3N2O3/c1-30-20-10-15(18(26)12-21(20)31-2)13-27-22(29)11-14-6-3-4-9-19(14)28-23-16(24)7-5-8-17(23)25/h3-10,12,28H,11,13H2,1-2H3,(H,27,29). The minimum atomic E-state index is -0.162. The van der Waals surface area contributed by atoms with E-state index in [9.17, 15) is 4.79 Å². The first kappa shape index (κ1) is 23.1. The fraction of sp³-hybridized carbons (Fsp3) is 0.174. The molecule has 0 atom stereocenters. The summed E-state index contributed by atoms with van der Waals surface area (Å²) in [6.45, 7) is 0.254. The van der Waals surface area contributed by atoms with Crippen molar-refractivity contribution in [3.05, 3.63) is 80.8 Å². The first-order chi connectivity index (χ1) is 14.9. The van der Waals surface area contributed by atoms with Gasteiger partial charge in [0.25, 0.3) is 0 Å². The monoisotopic (exact) mass is 478 g/mol. The van der Waals surface area contributed by atoms with E-state index in [1.54, 1.807) is 37.4 Å². The van der Waals surface area contributed by atoms with Crippen LogP contribution < -0.4 is 20.1 Å². The smallest absolute Gasteiger partial charge is 0.224 e. The molecule has 0 spiro atoms. The second-order valence-corrected chi connectivity index (χ2v) is 7.85. The number of anilines is 2. The quantitative estimate of drug-likeness (QED) is 0.400. The Labute approximate surface area is 196 Å². The Kier molecular flexibility index (Phi) is 7.91. The molecule has 3 rings (SSSR count). The first-order valence-corrected chi connectivity index (χ1v) is 10.5. The van der Waals surface area contributed by atoms with Gasteiger partial charge in [-0.15, -0.1) is 0 Å². The molecule has 0 heterocycles. The Bertz CT molecular complexity index is 1070. The SMILES string of the molecule is COc1cc(Cl)c(CNC(=O)Cc2ccccc2Nc2c(Cl)cccc2Cl)cc1OC. The highest BCUT2D eigenvalue weighted by Gasteiger charge is 2.13. The van der Waals surface area contributed by atoms with Crippen LogP contribution in [0.2, 0.25) is 15.1 Å². The third kappa shape index (κ3) is 5.76. The summed E-state index contributed by atoms with van der Waals surface area (Å²) in [4.78, 5) is 12.6. The summed E-state index contributed by atoms with van der Waals surface area (Å²) in [5.41, 5.74) is 2.86. The Morgan fingerprint density at radius 2 is 1.48 bits per heavy atom. The summed E-state index contributed by atoms with van der Waals surface area (Å²) < 4.78 is 10.5. The maximum absolute atomic E-state index is 12.6. The number of carbonyl (C=O) groups excluding carboxylic acids is 1. The van der Waals surface area contributed by atoms with Crippen molar-refractivity contribution < 1.29 is 14.3 Å². The van der Waals surface area contributed by atoms with E-state index in [0.29, 0.717) is 32.3 Å². The average molecular weight is 480 g/mol. The molecule has 0 aliphatic rings. The first-order valence-electron chi connectivity index (χ1n) is 9.39. The Morgan fingerprint density at radius 3 is 2.16 bits per heavy atom. The molecule has 0 unspecified atom stereocenters. The number of ether oxygens (including phenoxy) is 2. The van der Waals surface area contributed by atoms with Crippen LogP contribution in [0.5, 0.6) is 11.5 Å². The summed E-state index contributed by atoms with van der Waals surface area (Å²) in [5.74, 6) is 0.911. The lowest BCUT2D eigenvalue weighted by molar-refractivity contribution is -0.120. The van der Waals surface area contributed by atoms with E-state index >= 15 is 0 Å². The highest BCUT2D eigenvalue weighted by molar-refractivity contribution is 6.39. The van der Waals surface area contributed by atoms with E-state index in [-0.39, 0.29) is 18.9 Å². The van der Waals surface area contributed by atoms with E-state index in [2.05, 4.69) is 10.6 Å². The Balaban J connectivity index is 1.71. The molecule has 3 aromatic carbocycles. The fourth-order valence-electron chi connectivity index (χ4n) is 3.01. The second-order valence-electron chi connectivity index (χ2n) is 6.63. The van der Waals surface area contributed by atoms with Crippen LogP contribution in [-0.2, 0) is 17.8 Å². The van der Waals surface area contributed by atoms with Crippen molar-refractivity contribution in [2.45, 2.75) is 13.0 Å². The summed E-state index contributed by atoms with van der Waals surface area (Å²) in [5, 5.41) is 7.59. The van der Waals surface area contributed by atoms with Crippen LogP contribution in [0.4, 0.5) is 11.4 Å². The van der Waals surface area contributed by atoms with Crippen LogP contribution in [0.3, 0.4) is 0 Å². The molecule has 0 bridgehead atoms. The predicted octanol–water partition coefficient (Wildman–Crippen LogP) is 6.27. The van der Waals surface area contributed by atoms with Crippen molar-refractivity contribution in [3.63, 3.8) is 0 Å². The summed E-state index contributed by atoms with van der Waals surface area (Å²) >= 11 is 18.8. The summed E-state index contributed by atoms with van der Waals surface area (Å²) in [6.07, 6.45) is 0.163. The van der Waals surface area contributed by atoms with Gasteiger partial charge < -0.3 is 20.1 Å². The van der Waals surface area contributed by atoms with Crippen LogP contribution in [0.1, 0.15) is 11.1 Å². The maximum atomic E-state index is 12.6. The zero-order valence-corrected chi connectivity index (χ0v) is 19.2. The topological polar surface area (TPSA) is 59.6 Å². The Morgan fingerprint density at radius 1 is 0.839 bits per heavy atom. The zero-order chi connectivity index (χ0) is 22.4. The number of rotatable bonds is 8. The average Bonchev–Trinajstić information content (AvgIpc) is 2.76. The van der Waals surface area contributed by atoms with Gasteiger partial charge in [-0.1, -0.05) is 59.1 Å². The van der Waals surface area contributed by atoms with Gasteiger partial charge in [0.05, 0.1) is 36.4 Å². The fourth-order valence-corrected chi connectivity index (χ4v) is 3.72. The molecule has 0 aliphatic carbocycles. The van der Waals surface area contributed by atoms with E-state index < -0.39 is 0 Å². The van der Waals surface area contributed by atoms with Crippen molar-refractivity contribution in [1.82, 2.24) is 5.32 Å². The van der Waals surface area contributed by atoms with Gasteiger partial charge in [-0.2, -0.15) is 0 Å². The van der Waals surface area contributed by atoms with Crippen molar-refractivity contribution in [3.8, 4) is 11.5 Å². The minimum Gasteiger partial charge on any atom is -0.493 e. The highest BCUT2D eigenvalue weighted by Crippen LogP contribution is 2.34. The number of halogens is 3. The lowest BCUT2D eigenvalue weighted by Crippen LogP contribution is -2.25. The Hall–Kier alpha value is -2.60. The maximum Gasteiger partial charge on any atom is 0.224 e. The van der Waals surface area contributed by atoms with E-state index in [4.69, 9.17) is 44.3 Å². The van der Waals surface area contributed by atoms with Crippen molar-refractivity contribution in [2.24, 2.45) is 0 Å². The molecular weight excluding hydrogens is 459 g/mol. The van der Waals surface area contributed by atoms with E-state index in [0.717, 1.165) is 16.8 Å². The predicted molar refractivity (Wildman–Crippen MR) is 126 cm³/mol. The number of methoxy groups -OCH3 is 2. The van der Waals surface area contributed by atoms with Crippen molar-refractivity contribution in [2.75, 3.05) is 19.5 Å². The van der Waals surface area contributed by atoms with E-state index in [1.807, 2.05) is 24.3 Å². The van der Waals surface area contributed by atoms with Gasteiger partial charge in [0.15, 0.2) is 11.5 Å². The van der Waals surface area contributed by atoms with Gasteiger partial charge in [0.2, 0.25) is 5.91 Å². The molecule has 162 valence electrons. The lowest BCUT2D eigenvalue weighted by atomic mass is 10.1. The third-order valence-electron chi connectivity index (χ3n) is 4.62. The van der Waals surface area contributed by atoms with E-state index in [1.165, 1.54) is 7.11 Å². The third-order valence-corrected chi connectivity index (χ3v) is 5.60. The molecular formula is C23H21Cl3N2O3. The molecule has 0 aliphatic heterocycles. The van der Waals surface area contributed by atoms with Gasteiger partial charge in [-0.3, -0.25) is 4.79 Å². The molecule has 0 aromatic heterocycles. The normalized spacial score (nSPS) is 10.5. The number of hydrogen-bond donors (Lipinski definition) is 2. The molecule has 0 saturated heterocycles. The second kappa shape index (κ2) is 10.6. The zero-order valence-electron chi connectivity index (χ0n) is 17.0. The van der Waals surface area contributed by atoms with Crippen LogP contribution in [0, 0.1) is 0 Å². The lowest BCUT2D eigenvalue weighted by Gasteiger charge is -2.15.